The van der Waals surface area contributed by atoms with Crippen molar-refractivity contribution in [2.45, 2.75) is 26.3 Å². The minimum absolute atomic E-state index is 0.00661. The molecule has 7 heteroatoms. The maximum atomic E-state index is 12.5. The van der Waals surface area contributed by atoms with Gasteiger partial charge in [0.2, 0.25) is 17.6 Å². The molecule has 0 bridgehead atoms. The summed E-state index contributed by atoms with van der Waals surface area (Å²) in [5.74, 6) is 1.29. The Morgan fingerprint density at radius 2 is 1.90 bits per heavy atom. The quantitative estimate of drug-likeness (QED) is 0.668. The standard InChI is InChI=1S/C22H23ClN4O2/c1-15-4-2-3-5-19(15)21-25-20(29-26-21)14-27-12-10-16(11-13-27)22(28)24-18-8-6-17(23)7-9-18/h2-9,16H,10-14H2,1H3,(H,24,28). The van der Waals surface area contributed by atoms with Crippen LogP contribution in [0.25, 0.3) is 11.4 Å². The van der Waals surface area contributed by atoms with Gasteiger partial charge in [-0.25, -0.2) is 0 Å². The molecule has 1 N–H and O–H groups in total. The Hall–Kier alpha value is -2.70. The molecule has 0 aliphatic carbocycles. The second-order valence-corrected chi connectivity index (χ2v) is 7.81. The van der Waals surface area contributed by atoms with E-state index in [0.717, 1.165) is 42.7 Å². The van der Waals surface area contributed by atoms with Crippen LogP contribution in [0.1, 0.15) is 24.3 Å². The number of benzene rings is 2. The monoisotopic (exact) mass is 410 g/mol. The second-order valence-electron chi connectivity index (χ2n) is 7.37. The number of carbonyl (C=O) groups is 1. The third-order valence-electron chi connectivity index (χ3n) is 5.28. The number of likely N-dealkylation sites (tertiary alicyclic amines) is 1. The summed E-state index contributed by atoms with van der Waals surface area (Å²) in [6.45, 7) is 4.27. The Bertz CT molecular complexity index is 978. The van der Waals surface area contributed by atoms with Gasteiger partial charge in [-0.1, -0.05) is 41.0 Å². The van der Waals surface area contributed by atoms with Crippen molar-refractivity contribution in [1.82, 2.24) is 15.0 Å². The van der Waals surface area contributed by atoms with E-state index in [9.17, 15) is 4.79 Å². The molecule has 0 atom stereocenters. The molecule has 1 aliphatic heterocycles. The van der Waals surface area contributed by atoms with Crippen LogP contribution in [0.15, 0.2) is 53.1 Å². The van der Waals surface area contributed by atoms with E-state index < -0.39 is 0 Å². The van der Waals surface area contributed by atoms with Gasteiger partial charge in [-0.05, 0) is 62.7 Å². The summed E-state index contributed by atoms with van der Waals surface area (Å²) in [6.07, 6.45) is 1.61. The van der Waals surface area contributed by atoms with Crippen LogP contribution >= 0.6 is 11.6 Å². The van der Waals surface area contributed by atoms with Crippen molar-refractivity contribution < 1.29 is 9.32 Å². The van der Waals surface area contributed by atoms with Crippen LogP contribution < -0.4 is 5.32 Å². The van der Waals surface area contributed by atoms with E-state index in [4.69, 9.17) is 16.1 Å². The summed E-state index contributed by atoms with van der Waals surface area (Å²) in [5, 5.41) is 7.75. The minimum Gasteiger partial charge on any atom is -0.338 e. The van der Waals surface area contributed by atoms with Crippen LogP contribution in [0.5, 0.6) is 0 Å². The van der Waals surface area contributed by atoms with E-state index in [0.29, 0.717) is 23.3 Å². The molecule has 0 radical (unpaired) electrons. The molecule has 1 saturated heterocycles. The lowest BCUT2D eigenvalue weighted by Crippen LogP contribution is -2.37. The molecule has 0 spiro atoms. The first-order chi connectivity index (χ1) is 14.1. The van der Waals surface area contributed by atoms with Crippen LogP contribution in [0, 0.1) is 12.8 Å². The zero-order chi connectivity index (χ0) is 20.2. The van der Waals surface area contributed by atoms with Crippen LogP contribution in [-0.2, 0) is 11.3 Å². The Labute approximate surface area is 174 Å². The number of piperidine rings is 1. The van der Waals surface area contributed by atoms with E-state index in [1.807, 2.05) is 43.3 Å². The predicted molar refractivity (Wildman–Crippen MR) is 113 cm³/mol. The first-order valence-corrected chi connectivity index (χ1v) is 10.1. The topological polar surface area (TPSA) is 71.3 Å². The van der Waals surface area contributed by atoms with Crippen molar-refractivity contribution >= 4 is 23.2 Å². The predicted octanol–water partition coefficient (Wildman–Crippen LogP) is 4.55. The average Bonchev–Trinajstić information content (AvgIpc) is 3.19. The number of rotatable bonds is 5. The van der Waals surface area contributed by atoms with Crippen LogP contribution in [0.2, 0.25) is 5.02 Å². The van der Waals surface area contributed by atoms with Crippen LogP contribution in [-0.4, -0.2) is 34.0 Å². The summed E-state index contributed by atoms with van der Waals surface area (Å²) in [7, 11) is 0. The zero-order valence-corrected chi connectivity index (χ0v) is 17.0. The van der Waals surface area contributed by atoms with Crippen molar-refractivity contribution in [1.29, 1.82) is 0 Å². The molecule has 2 heterocycles. The van der Waals surface area contributed by atoms with Crippen LogP contribution in [0.3, 0.4) is 0 Å². The molecule has 0 unspecified atom stereocenters. The van der Waals surface area contributed by atoms with Crippen molar-refractivity contribution in [3.8, 4) is 11.4 Å². The fraction of sp³-hybridized carbons (Fsp3) is 0.318. The fourth-order valence-electron chi connectivity index (χ4n) is 3.57. The SMILES string of the molecule is Cc1ccccc1-c1noc(CN2CCC(C(=O)Nc3ccc(Cl)cc3)CC2)n1. The number of hydrogen-bond acceptors (Lipinski definition) is 5. The number of nitrogens with one attached hydrogen (secondary N) is 1. The summed E-state index contributed by atoms with van der Waals surface area (Å²) in [6, 6.07) is 15.2. The van der Waals surface area contributed by atoms with Crippen molar-refractivity contribution in [3.05, 3.63) is 65.0 Å². The molecule has 1 fully saturated rings. The van der Waals surface area contributed by atoms with E-state index in [2.05, 4.69) is 20.4 Å². The number of carbonyl (C=O) groups excluding carboxylic acids is 1. The van der Waals surface area contributed by atoms with Gasteiger partial charge in [0.15, 0.2) is 0 Å². The zero-order valence-electron chi connectivity index (χ0n) is 16.3. The highest BCUT2D eigenvalue weighted by molar-refractivity contribution is 6.30. The molecular formula is C22H23ClN4O2. The Morgan fingerprint density at radius 1 is 1.17 bits per heavy atom. The Kier molecular flexibility index (Phi) is 5.92. The molecule has 1 aliphatic rings. The lowest BCUT2D eigenvalue weighted by Gasteiger charge is -2.30. The van der Waals surface area contributed by atoms with Gasteiger partial charge in [-0.2, -0.15) is 4.98 Å². The van der Waals surface area contributed by atoms with Gasteiger partial charge in [0, 0.05) is 22.2 Å². The fourth-order valence-corrected chi connectivity index (χ4v) is 3.70. The number of halogens is 1. The van der Waals surface area contributed by atoms with E-state index in [1.54, 1.807) is 12.1 Å². The number of anilines is 1. The van der Waals surface area contributed by atoms with Gasteiger partial charge in [-0.3, -0.25) is 9.69 Å². The first kappa shape index (κ1) is 19.6. The smallest absolute Gasteiger partial charge is 0.241 e. The third-order valence-corrected chi connectivity index (χ3v) is 5.54. The van der Waals surface area contributed by atoms with Gasteiger partial charge in [0.05, 0.1) is 6.54 Å². The lowest BCUT2D eigenvalue weighted by atomic mass is 9.96. The highest BCUT2D eigenvalue weighted by atomic mass is 35.5. The van der Waals surface area contributed by atoms with Gasteiger partial charge >= 0.3 is 0 Å². The molecule has 4 rings (SSSR count). The normalized spacial score (nSPS) is 15.4. The number of nitrogens with zero attached hydrogens (tertiary/aromatic N) is 3. The summed E-state index contributed by atoms with van der Waals surface area (Å²) < 4.78 is 5.45. The summed E-state index contributed by atoms with van der Waals surface area (Å²) >= 11 is 5.89. The largest absolute Gasteiger partial charge is 0.338 e. The van der Waals surface area contributed by atoms with Crippen molar-refractivity contribution in [3.63, 3.8) is 0 Å². The summed E-state index contributed by atoms with van der Waals surface area (Å²) in [5.41, 5.74) is 2.88. The summed E-state index contributed by atoms with van der Waals surface area (Å²) in [4.78, 5) is 19.3. The molecular weight excluding hydrogens is 388 g/mol. The minimum atomic E-state index is 0.00661. The first-order valence-electron chi connectivity index (χ1n) is 9.76. The number of hydrogen-bond donors (Lipinski definition) is 1. The molecule has 150 valence electrons. The molecule has 1 aromatic heterocycles. The maximum absolute atomic E-state index is 12.5. The van der Waals surface area contributed by atoms with Gasteiger partial charge in [0.25, 0.3) is 0 Å². The van der Waals surface area contributed by atoms with Crippen molar-refractivity contribution in [2.24, 2.45) is 5.92 Å². The van der Waals surface area contributed by atoms with Gasteiger partial charge < -0.3 is 9.84 Å². The maximum Gasteiger partial charge on any atom is 0.241 e. The molecule has 3 aromatic rings. The highest BCUT2D eigenvalue weighted by Crippen LogP contribution is 2.23. The number of aromatic nitrogens is 2. The third kappa shape index (κ3) is 4.83. The van der Waals surface area contributed by atoms with E-state index in [1.165, 1.54) is 0 Å². The average molecular weight is 411 g/mol. The van der Waals surface area contributed by atoms with E-state index >= 15 is 0 Å². The van der Waals surface area contributed by atoms with Gasteiger partial charge in [0.1, 0.15) is 0 Å². The molecule has 6 nitrogen and oxygen atoms in total. The van der Waals surface area contributed by atoms with Gasteiger partial charge in [-0.15, -0.1) is 0 Å². The Morgan fingerprint density at radius 3 is 2.62 bits per heavy atom. The molecule has 2 aromatic carbocycles. The lowest BCUT2D eigenvalue weighted by molar-refractivity contribution is -0.121. The molecule has 1 amide bonds. The number of aryl methyl sites for hydroxylation is 1. The van der Waals surface area contributed by atoms with Crippen molar-refractivity contribution in [2.75, 3.05) is 18.4 Å². The second kappa shape index (κ2) is 8.76. The molecule has 29 heavy (non-hydrogen) atoms. The van der Waals surface area contributed by atoms with E-state index in [-0.39, 0.29) is 11.8 Å². The molecule has 0 saturated carbocycles. The highest BCUT2D eigenvalue weighted by Gasteiger charge is 2.26. The number of amides is 1. The Balaban J connectivity index is 1.29. The van der Waals surface area contributed by atoms with Crippen LogP contribution in [0.4, 0.5) is 5.69 Å².